The monoisotopic (exact) mass is 285 g/mol. The third-order valence-electron chi connectivity index (χ3n) is 2.38. The second-order valence-electron chi connectivity index (χ2n) is 4.49. The Balaban J connectivity index is 2.27. The Labute approximate surface area is 118 Å². The van der Waals surface area contributed by atoms with Crippen LogP contribution < -0.4 is 11.1 Å². The van der Waals surface area contributed by atoms with Crippen LogP contribution >= 0.6 is 11.6 Å². The van der Waals surface area contributed by atoms with E-state index in [1.807, 2.05) is 13.8 Å². The minimum Gasteiger partial charge on any atom is -0.384 e. The number of halogens is 1. The molecule has 1 heterocycles. The molecule has 0 aliphatic heterocycles. The van der Waals surface area contributed by atoms with E-state index in [4.69, 9.17) is 22.1 Å². The highest BCUT2D eigenvalue weighted by Crippen LogP contribution is 2.11. The van der Waals surface area contributed by atoms with Gasteiger partial charge in [-0.25, -0.2) is 4.98 Å². The van der Waals surface area contributed by atoms with E-state index < -0.39 is 0 Å². The van der Waals surface area contributed by atoms with Crippen LogP contribution in [-0.4, -0.2) is 30.1 Å². The molecule has 1 rings (SSSR count). The molecule has 0 radical (unpaired) electrons. The molecule has 0 aliphatic rings. The van der Waals surface area contributed by atoms with Gasteiger partial charge in [0.2, 0.25) is 0 Å². The average Bonchev–Trinajstić information content (AvgIpc) is 2.31. The van der Waals surface area contributed by atoms with E-state index in [-0.39, 0.29) is 23.0 Å². The molecule has 1 aromatic rings. The van der Waals surface area contributed by atoms with Gasteiger partial charge in [0.25, 0.3) is 5.91 Å². The molecule has 0 atom stereocenters. The van der Waals surface area contributed by atoms with E-state index >= 15 is 0 Å². The van der Waals surface area contributed by atoms with Gasteiger partial charge in [0.05, 0.1) is 6.10 Å². The predicted octanol–water partition coefficient (Wildman–Crippen LogP) is 2.25. The quantitative estimate of drug-likeness (QED) is 0.595. The van der Waals surface area contributed by atoms with Crippen molar-refractivity contribution in [3.8, 4) is 0 Å². The summed E-state index contributed by atoms with van der Waals surface area (Å²) in [6.45, 7) is 5.31. The smallest absolute Gasteiger partial charge is 0.251 e. The molecule has 6 heteroatoms. The molecule has 1 amide bonds. The van der Waals surface area contributed by atoms with Crippen LogP contribution in [0.15, 0.2) is 12.1 Å². The van der Waals surface area contributed by atoms with Crippen LogP contribution in [0, 0.1) is 0 Å². The lowest BCUT2D eigenvalue weighted by atomic mass is 10.2. The largest absolute Gasteiger partial charge is 0.384 e. The maximum absolute atomic E-state index is 11.8. The molecule has 0 aliphatic carbocycles. The molecule has 0 saturated heterocycles. The molecule has 1 aromatic heterocycles. The highest BCUT2D eigenvalue weighted by molar-refractivity contribution is 6.29. The predicted molar refractivity (Wildman–Crippen MR) is 76.3 cm³/mol. The van der Waals surface area contributed by atoms with Crippen molar-refractivity contribution in [2.24, 2.45) is 0 Å². The van der Waals surface area contributed by atoms with Gasteiger partial charge in [0.1, 0.15) is 11.0 Å². The molecule has 0 bridgehead atoms. The normalized spacial score (nSPS) is 10.7. The van der Waals surface area contributed by atoms with Gasteiger partial charge in [-0.15, -0.1) is 0 Å². The number of unbranched alkanes of at least 4 members (excludes halogenated alkanes) is 1. The van der Waals surface area contributed by atoms with Gasteiger partial charge >= 0.3 is 0 Å². The van der Waals surface area contributed by atoms with Gasteiger partial charge in [-0.3, -0.25) is 4.79 Å². The van der Waals surface area contributed by atoms with Crippen molar-refractivity contribution in [2.75, 3.05) is 18.9 Å². The van der Waals surface area contributed by atoms with Crippen LogP contribution in [0.1, 0.15) is 37.0 Å². The number of aromatic nitrogens is 1. The van der Waals surface area contributed by atoms with Crippen molar-refractivity contribution in [1.29, 1.82) is 0 Å². The highest BCUT2D eigenvalue weighted by Gasteiger charge is 2.07. The molecule has 0 aromatic carbocycles. The molecular weight excluding hydrogens is 266 g/mol. The van der Waals surface area contributed by atoms with E-state index in [2.05, 4.69) is 10.3 Å². The van der Waals surface area contributed by atoms with E-state index in [9.17, 15) is 4.79 Å². The summed E-state index contributed by atoms with van der Waals surface area (Å²) in [5.41, 5.74) is 5.95. The van der Waals surface area contributed by atoms with Gasteiger partial charge in [-0.1, -0.05) is 11.6 Å². The number of hydrogen-bond donors (Lipinski definition) is 2. The number of rotatable bonds is 7. The molecule has 0 unspecified atom stereocenters. The third-order valence-corrected chi connectivity index (χ3v) is 2.58. The second kappa shape index (κ2) is 7.96. The summed E-state index contributed by atoms with van der Waals surface area (Å²) in [7, 11) is 0. The zero-order valence-corrected chi connectivity index (χ0v) is 12.0. The fraction of sp³-hybridized carbons (Fsp3) is 0.538. The number of nitrogens with zero attached hydrogens (tertiary/aromatic N) is 1. The van der Waals surface area contributed by atoms with Crippen LogP contribution in [0.4, 0.5) is 5.82 Å². The van der Waals surface area contributed by atoms with Gasteiger partial charge in [0.15, 0.2) is 0 Å². The summed E-state index contributed by atoms with van der Waals surface area (Å²) in [4.78, 5) is 15.6. The Morgan fingerprint density at radius 3 is 2.84 bits per heavy atom. The molecule has 106 valence electrons. The summed E-state index contributed by atoms with van der Waals surface area (Å²) in [5.74, 6) is 0.0451. The summed E-state index contributed by atoms with van der Waals surface area (Å²) >= 11 is 5.74. The fourth-order valence-electron chi connectivity index (χ4n) is 1.50. The van der Waals surface area contributed by atoms with Gasteiger partial charge in [0, 0.05) is 18.7 Å². The Morgan fingerprint density at radius 1 is 1.47 bits per heavy atom. The molecule has 3 N–H and O–H groups in total. The zero-order chi connectivity index (χ0) is 14.3. The topological polar surface area (TPSA) is 77.2 Å². The number of carbonyl (C=O) groups is 1. The van der Waals surface area contributed by atoms with Crippen LogP contribution in [0.25, 0.3) is 0 Å². The highest BCUT2D eigenvalue weighted by atomic mass is 35.5. The molecule has 0 spiro atoms. The Morgan fingerprint density at radius 2 is 2.21 bits per heavy atom. The summed E-state index contributed by atoms with van der Waals surface area (Å²) in [5, 5.41) is 3.02. The number of nitrogens with one attached hydrogen (secondary N) is 1. The second-order valence-corrected chi connectivity index (χ2v) is 4.87. The number of amides is 1. The first-order valence-corrected chi connectivity index (χ1v) is 6.69. The number of nitrogens with two attached hydrogens (primary N) is 1. The minimum atomic E-state index is -0.194. The minimum absolute atomic E-state index is 0.194. The first kappa shape index (κ1) is 15.7. The van der Waals surface area contributed by atoms with Gasteiger partial charge in [-0.05, 0) is 38.8 Å². The Kier molecular flexibility index (Phi) is 6.59. The number of pyridine rings is 1. The molecule has 19 heavy (non-hydrogen) atoms. The first-order valence-electron chi connectivity index (χ1n) is 6.32. The van der Waals surface area contributed by atoms with Crippen molar-refractivity contribution in [3.05, 3.63) is 22.8 Å². The number of nitrogen functional groups attached to an aromatic ring is 1. The average molecular weight is 286 g/mol. The zero-order valence-electron chi connectivity index (χ0n) is 11.3. The van der Waals surface area contributed by atoms with Crippen LogP contribution in [0.3, 0.4) is 0 Å². The summed E-state index contributed by atoms with van der Waals surface area (Å²) in [6, 6.07) is 3.00. The number of hydrogen-bond acceptors (Lipinski definition) is 4. The van der Waals surface area contributed by atoms with Crippen LogP contribution in [-0.2, 0) is 4.74 Å². The van der Waals surface area contributed by atoms with E-state index in [0.29, 0.717) is 18.7 Å². The Bertz CT molecular complexity index is 404. The van der Waals surface area contributed by atoms with Crippen LogP contribution in [0.5, 0.6) is 0 Å². The van der Waals surface area contributed by atoms with Crippen LogP contribution in [0.2, 0.25) is 5.15 Å². The number of ether oxygens (including phenoxy) is 1. The van der Waals surface area contributed by atoms with Crippen molar-refractivity contribution >= 4 is 23.3 Å². The Hall–Kier alpha value is -1.33. The van der Waals surface area contributed by atoms with E-state index in [1.54, 1.807) is 0 Å². The van der Waals surface area contributed by atoms with Crippen molar-refractivity contribution < 1.29 is 9.53 Å². The SMILES string of the molecule is CC(C)OCCCCNC(=O)c1cc(N)nc(Cl)c1. The van der Waals surface area contributed by atoms with Gasteiger partial charge < -0.3 is 15.8 Å². The molecular formula is C13H20ClN3O2. The fourth-order valence-corrected chi connectivity index (χ4v) is 1.71. The van der Waals surface area contributed by atoms with E-state index in [1.165, 1.54) is 12.1 Å². The molecule has 0 saturated carbocycles. The first-order chi connectivity index (χ1) is 8.99. The third kappa shape index (κ3) is 6.40. The van der Waals surface area contributed by atoms with Gasteiger partial charge in [-0.2, -0.15) is 0 Å². The lowest BCUT2D eigenvalue weighted by Crippen LogP contribution is -2.25. The van der Waals surface area contributed by atoms with Crippen molar-refractivity contribution in [3.63, 3.8) is 0 Å². The maximum atomic E-state index is 11.8. The molecule has 0 fully saturated rings. The van der Waals surface area contributed by atoms with Crippen molar-refractivity contribution in [1.82, 2.24) is 10.3 Å². The maximum Gasteiger partial charge on any atom is 0.251 e. The number of anilines is 1. The molecule has 5 nitrogen and oxygen atoms in total. The number of carbonyl (C=O) groups excluding carboxylic acids is 1. The summed E-state index contributed by atoms with van der Waals surface area (Å²) < 4.78 is 5.41. The lowest BCUT2D eigenvalue weighted by molar-refractivity contribution is 0.0754. The van der Waals surface area contributed by atoms with E-state index in [0.717, 1.165) is 12.8 Å². The standard InChI is InChI=1S/C13H20ClN3O2/c1-9(2)19-6-4-3-5-16-13(18)10-7-11(14)17-12(15)8-10/h7-9H,3-6H2,1-2H3,(H2,15,17)(H,16,18). The summed E-state index contributed by atoms with van der Waals surface area (Å²) in [6.07, 6.45) is 2.03. The lowest BCUT2D eigenvalue weighted by Gasteiger charge is -2.08. The van der Waals surface area contributed by atoms with Crippen molar-refractivity contribution in [2.45, 2.75) is 32.8 Å².